The zero-order valence-electron chi connectivity index (χ0n) is 15.6. The number of hydrogen-bond acceptors (Lipinski definition) is 6. The van der Waals surface area contributed by atoms with E-state index in [4.69, 9.17) is 4.74 Å². The van der Waals surface area contributed by atoms with Crippen molar-refractivity contribution in [2.45, 2.75) is 24.6 Å². The van der Waals surface area contributed by atoms with E-state index in [-0.39, 0.29) is 24.2 Å². The minimum absolute atomic E-state index is 0.178. The predicted octanol–water partition coefficient (Wildman–Crippen LogP) is 2.57. The molecule has 0 bridgehead atoms. The molecule has 1 aliphatic rings. The molecule has 0 radical (unpaired) electrons. The van der Waals surface area contributed by atoms with Crippen LogP contribution in [0.3, 0.4) is 0 Å². The van der Waals surface area contributed by atoms with Crippen LogP contribution in [-0.4, -0.2) is 62.0 Å². The zero-order chi connectivity index (χ0) is 21.1. The van der Waals surface area contributed by atoms with Crippen molar-refractivity contribution < 1.29 is 37.0 Å². The fourth-order valence-electron chi connectivity index (χ4n) is 3.05. The van der Waals surface area contributed by atoms with Gasteiger partial charge in [-0.3, -0.25) is 14.5 Å². The fraction of sp³-hybridized carbons (Fsp3) is 0.421. The van der Waals surface area contributed by atoms with Gasteiger partial charge in [0.2, 0.25) is 5.54 Å². The van der Waals surface area contributed by atoms with E-state index in [1.165, 1.54) is 19.2 Å². The number of hydrogen-bond donors (Lipinski definition) is 0. The summed E-state index contributed by atoms with van der Waals surface area (Å²) in [7, 11) is 3.35. The van der Waals surface area contributed by atoms with Gasteiger partial charge >= 0.3 is 12.1 Å². The molecule has 2 rings (SSSR count). The number of ketones is 2. The molecule has 0 aromatic heterocycles. The van der Waals surface area contributed by atoms with Gasteiger partial charge in [0.05, 0.1) is 20.8 Å². The molecular formula is C19H20F3NO5. The summed E-state index contributed by atoms with van der Waals surface area (Å²) < 4.78 is 50.6. The van der Waals surface area contributed by atoms with E-state index in [1.54, 1.807) is 12.1 Å². The molecule has 0 N–H and O–H groups in total. The van der Waals surface area contributed by atoms with Gasteiger partial charge in [-0.2, -0.15) is 13.2 Å². The number of esters is 1. The highest BCUT2D eigenvalue weighted by molar-refractivity contribution is 6.02. The van der Waals surface area contributed by atoms with Crippen molar-refractivity contribution >= 4 is 17.5 Å². The van der Waals surface area contributed by atoms with Crippen LogP contribution in [0.5, 0.6) is 5.75 Å². The van der Waals surface area contributed by atoms with Crippen LogP contribution in [0.15, 0.2) is 35.9 Å². The van der Waals surface area contributed by atoms with Crippen LogP contribution >= 0.6 is 0 Å². The third-order valence-electron chi connectivity index (χ3n) is 4.69. The number of rotatable bonds is 6. The molecule has 1 heterocycles. The monoisotopic (exact) mass is 399 g/mol. The van der Waals surface area contributed by atoms with E-state index >= 15 is 0 Å². The van der Waals surface area contributed by atoms with Crippen molar-refractivity contribution in [1.29, 1.82) is 0 Å². The minimum Gasteiger partial charge on any atom is -0.497 e. The van der Waals surface area contributed by atoms with Crippen molar-refractivity contribution in [3.8, 4) is 5.75 Å². The predicted molar refractivity (Wildman–Crippen MR) is 93.1 cm³/mol. The van der Waals surface area contributed by atoms with E-state index in [2.05, 4.69) is 4.74 Å². The summed E-state index contributed by atoms with van der Waals surface area (Å²) in [6.45, 7) is -0.614. The summed E-state index contributed by atoms with van der Waals surface area (Å²) in [5, 5.41) is 0. The fourth-order valence-corrected chi connectivity index (χ4v) is 3.05. The van der Waals surface area contributed by atoms with E-state index in [1.807, 2.05) is 0 Å². The molecule has 0 saturated carbocycles. The number of ether oxygens (including phenoxy) is 2. The van der Waals surface area contributed by atoms with E-state index in [9.17, 15) is 27.6 Å². The van der Waals surface area contributed by atoms with Crippen LogP contribution in [-0.2, 0) is 14.3 Å². The lowest BCUT2D eigenvalue weighted by molar-refractivity contribution is -0.223. The van der Waals surface area contributed by atoms with Crippen molar-refractivity contribution in [2.75, 3.05) is 27.8 Å². The molecule has 0 saturated heterocycles. The Morgan fingerprint density at radius 3 is 2.29 bits per heavy atom. The first-order chi connectivity index (χ1) is 13.1. The van der Waals surface area contributed by atoms with Gasteiger partial charge in [-0.15, -0.1) is 0 Å². The maximum Gasteiger partial charge on any atom is 0.421 e. The quantitative estimate of drug-likeness (QED) is 0.541. The van der Waals surface area contributed by atoms with Crippen LogP contribution < -0.4 is 4.74 Å². The average Bonchev–Trinajstić information content (AvgIpc) is 2.65. The number of Topliss-reactive ketones (excluding diaryl/α,β-unsaturated/α-hetero) is 2. The third kappa shape index (κ3) is 3.94. The molecule has 9 heteroatoms. The number of halogens is 3. The number of carbonyl (C=O) groups is 3. The van der Waals surface area contributed by atoms with Gasteiger partial charge in [0.1, 0.15) is 5.75 Å². The molecule has 0 fully saturated rings. The molecule has 1 aromatic rings. The Kier molecular flexibility index (Phi) is 6.28. The Bertz CT molecular complexity index is 801. The number of nitrogens with zero attached hydrogens (tertiary/aromatic N) is 1. The highest BCUT2D eigenvalue weighted by atomic mass is 19.4. The number of carbonyl (C=O) groups excluding carboxylic acids is 3. The molecule has 1 atom stereocenters. The number of likely N-dealkylation sites (N-methyl/N-ethyl adjacent to an activating group) is 1. The first-order valence-electron chi connectivity index (χ1n) is 8.35. The molecule has 0 amide bonds. The minimum atomic E-state index is -5.00. The van der Waals surface area contributed by atoms with E-state index in [0.717, 1.165) is 14.2 Å². The van der Waals surface area contributed by atoms with Gasteiger partial charge in [0.15, 0.2) is 11.6 Å². The highest BCUT2D eigenvalue weighted by Gasteiger charge is 2.64. The Morgan fingerprint density at radius 2 is 1.79 bits per heavy atom. The van der Waals surface area contributed by atoms with Crippen LogP contribution in [0.25, 0.3) is 0 Å². The molecule has 1 unspecified atom stereocenters. The van der Waals surface area contributed by atoms with Crippen LogP contribution in [0, 0.1) is 0 Å². The van der Waals surface area contributed by atoms with Crippen LogP contribution in [0.2, 0.25) is 0 Å². The van der Waals surface area contributed by atoms with Crippen LogP contribution in [0.4, 0.5) is 13.2 Å². The molecule has 1 aliphatic heterocycles. The average molecular weight is 399 g/mol. The third-order valence-corrected chi connectivity index (χ3v) is 4.69. The lowest BCUT2D eigenvalue weighted by Gasteiger charge is -2.41. The topological polar surface area (TPSA) is 72.9 Å². The van der Waals surface area contributed by atoms with Crippen molar-refractivity contribution in [1.82, 2.24) is 4.90 Å². The Labute approximate surface area is 159 Å². The lowest BCUT2D eigenvalue weighted by atomic mass is 9.85. The molecule has 6 nitrogen and oxygen atoms in total. The van der Waals surface area contributed by atoms with Crippen molar-refractivity contribution in [3.05, 3.63) is 41.5 Å². The molecule has 1 aromatic carbocycles. The maximum atomic E-state index is 13.7. The summed E-state index contributed by atoms with van der Waals surface area (Å²) in [5.74, 6) is -1.90. The summed E-state index contributed by atoms with van der Waals surface area (Å²) in [4.78, 5) is 37.1. The Morgan fingerprint density at radius 1 is 1.18 bits per heavy atom. The second-order valence-corrected chi connectivity index (χ2v) is 6.36. The summed E-state index contributed by atoms with van der Waals surface area (Å²) in [6.07, 6.45) is -4.82. The van der Waals surface area contributed by atoms with Gasteiger partial charge in [-0.25, -0.2) is 4.79 Å². The first kappa shape index (κ1) is 21.6. The standard InChI is InChI=1S/C19H20F3NO5/c1-23-11-16(25)13(10-18(23,17(26)28-3)19(20,21)22)6-9-15(24)12-4-7-14(27-2)8-5-12/h4-5,7-8,10H,6,9,11H2,1-3H3. The van der Waals surface area contributed by atoms with Crippen LogP contribution in [0.1, 0.15) is 23.2 Å². The number of methoxy groups -OCH3 is 2. The zero-order valence-corrected chi connectivity index (χ0v) is 15.6. The smallest absolute Gasteiger partial charge is 0.421 e. The molecule has 28 heavy (non-hydrogen) atoms. The Balaban J connectivity index is 2.28. The molecule has 0 spiro atoms. The molecule has 0 aliphatic carbocycles. The summed E-state index contributed by atoms with van der Waals surface area (Å²) >= 11 is 0. The van der Waals surface area contributed by atoms with Gasteiger partial charge in [-0.1, -0.05) is 0 Å². The summed E-state index contributed by atoms with van der Waals surface area (Å²) in [6, 6.07) is 6.22. The highest BCUT2D eigenvalue weighted by Crippen LogP contribution is 2.40. The second-order valence-electron chi connectivity index (χ2n) is 6.36. The summed E-state index contributed by atoms with van der Waals surface area (Å²) in [5.41, 5.74) is -2.94. The Hall–Kier alpha value is -2.68. The van der Waals surface area contributed by atoms with Crippen molar-refractivity contribution in [2.24, 2.45) is 0 Å². The first-order valence-corrected chi connectivity index (χ1v) is 8.35. The van der Waals surface area contributed by atoms with Gasteiger partial charge in [0, 0.05) is 12.0 Å². The van der Waals surface area contributed by atoms with E-state index < -0.39 is 30.0 Å². The maximum absolute atomic E-state index is 13.7. The second kappa shape index (κ2) is 8.14. The lowest BCUT2D eigenvalue weighted by Crippen LogP contribution is -2.65. The normalized spacial score (nSPS) is 20.5. The van der Waals surface area contributed by atoms with Gasteiger partial charge < -0.3 is 9.47 Å². The van der Waals surface area contributed by atoms with Gasteiger partial charge in [-0.05, 0) is 49.4 Å². The number of benzene rings is 1. The molecular weight excluding hydrogens is 379 g/mol. The molecule has 152 valence electrons. The SMILES string of the molecule is COC(=O)C1(C(F)(F)F)C=C(CCC(=O)c2ccc(OC)cc2)C(=O)CN1C. The van der Waals surface area contributed by atoms with E-state index in [0.29, 0.717) is 22.3 Å². The number of alkyl halides is 3. The largest absolute Gasteiger partial charge is 0.497 e. The van der Waals surface area contributed by atoms with Gasteiger partial charge in [0.25, 0.3) is 0 Å². The van der Waals surface area contributed by atoms with Crippen molar-refractivity contribution in [3.63, 3.8) is 0 Å².